The standard InChI is InChI=1S/C18H18N4O2S/c1-12-4-5-13(2)16(10-12)22-18(19-20-21-22)25-11-14-6-8-15(9-7-14)17(23)24-3/h4-10H,11H2,1-3H3. The van der Waals surface area contributed by atoms with Crippen molar-refractivity contribution < 1.29 is 9.53 Å². The summed E-state index contributed by atoms with van der Waals surface area (Å²) in [6.45, 7) is 4.08. The molecule has 0 N–H and O–H groups in total. The molecular weight excluding hydrogens is 336 g/mol. The van der Waals surface area contributed by atoms with Gasteiger partial charge in [0.2, 0.25) is 5.16 Å². The predicted molar refractivity (Wildman–Crippen MR) is 96.0 cm³/mol. The van der Waals surface area contributed by atoms with Gasteiger partial charge in [-0.1, -0.05) is 36.0 Å². The number of ether oxygens (including phenoxy) is 1. The maximum atomic E-state index is 11.5. The molecule has 0 bridgehead atoms. The number of tetrazole rings is 1. The fraction of sp³-hybridized carbons (Fsp3) is 0.222. The second kappa shape index (κ2) is 7.48. The highest BCUT2D eigenvalue weighted by Gasteiger charge is 2.12. The van der Waals surface area contributed by atoms with E-state index >= 15 is 0 Å². The van der Waals surface area contributed by atoms with Crippen molar-refractivity contribution in [2.45, 2.75) is 24.8 Å². The zero-order valence-corrected chi connectivity index (χ0v) is 15.1. The molecule has 3 rings (SSSR count). The van der Waals surface area contributed by atoms with Crippen LogP contribution in [-0.4, -0.2) is 33.3 Å². The molecule has 6 nitrogen and oxygen atoms in total. The molecule has 2 aromatic carbocycles. The van der Waals surface area contributed by atoms with Crippen LogP contribution in [0.2, 0.25) is 0 Å². The minimum Gasteiger partial charge on any atom is -0.465 e. The highest BCUT2D eigenvalue weighted by Crippen LogP contribution is 2.24. The Labute approximate surface area is 150 Å². The Morgan fingerprint density at radius 1 is 1.16 bits per heavy atom. The lowest BCUT2D eigenvalue weighted by atomic mass is 10.1. The topological polar surface area (TPSA) is 69.9 Å². The predicted octanol–water partition coefficient (Wildman–Crippen LogP) is 3.36. The lowest BCUT2D eigenvalue weighted by molar-refractivity contribution is 0.0600. The average Bonchev–Trinajstić information content (AvgIpc) is 3.10. The lowest BCUT2D eigenvalue weighted by Gasteiger charge is -2.08. The highest BCUT2D eigenvalue weighted by atomic mass is 32.2. The van der Waals surface area contributed by atoms with Gasteiger partial charge < -0.3 is 4.74 Å². The highest BCUT2D eigenvalue weighted by molar-refractivity contribution is 7.98. The quantitative estimate of drug-likeness (QED) is 0.517. The molecule has 0 amide bonds. The van der Waals surface area contributed by atoms with E-state index in [1.165, 1.54) is 7.11 Å². The normalized spacial score (nSPS) is 10.7. The van der Waals surface area contributed by atoms with Crippen LogP contribution in [0.15, 0.2) is 47.6 Å². The maximum absolute atomic E-state index is 11.5. The van der Waals surface area contributed by atoms with Crippen LogP contribution in [0.5, 0.6) is 0 Å². The molecule has 0 radical (unpaired) electrons. The maximum Gasteiger partial charge on any atom is 0.337 e. The number of rotatable bonds is 5. The smallest absolute Gasteiger partial charge is 0.337 e. The van der Waals surface area contributed by atoms with Crippen molar-refractivity contribution in [3.05, 3.63) is 64.7 Å². The minimum atomic E-state index is -0.335. The molecule has 0 saturated carbocycles. The molecule has 0 fully saturated rings. The van der Waals surface area contributed by atoms with Crippen molar-refractivity contribution in [2.24, 2.45) is 0 Å². The summed E-state index contributed by atoms with van der Waals surface area (Å²) in [5.74, 6) is 0.366. The van der Waals surface area contributed by atoms with E-state index in [1.54, 1.807) is 28.6 Å². The SMILES string of the molecule is COC(=O)c1ccc(CSc2nnnn2-c2cc(C)ccc2C)cc1. The van der Waals surface area contributed by atoms with Gasteiger partial charge in [-0.25, -0.2) is 4.79 Å². The Morgan fingerprint density at radius 3 is 2.64 bits per heavy atom. The molecular formula is C18H18N4O2S. The molecule has 3 aromatic rings. The van der Waals surface area contributed by atoms with Crippen LogP contribution in [0.1, 0.15) is 27.0 Å². The van der Waals surface area contributed by atoms with Gasteiger partial charge in [-0.05, 0) is 59.2 Å². The number of methoxy groups -OCH3 is 1. The van der Waals surface area contributed by atoms with Gasteiger partial charge in [0.25, 0.3) is 0 Å². The molecule has 25 heavy (non-hydrogen) atoms. The Morgan fingerprint density at radius 2 is 1.92 bits per heavy atom. The second-order valence-electron chi connectivity index (χ2n) is 5.64. The van der Waals surface area contributed by atoms with Crippen molar-refractivity contribution in [2.75, 3.05) is 7.11 Å². The molecule has 0 saturated heterocycles. The van der Waals surface area contributed by atoms with E-state index in [0.29, 0.717) is 11.3 Å². The molecule has 1 heterocycles. The molecule has 0 aliphatic rings. The third-order valence-electron chi connectivity index (χ3n) is 3.78. The number of aryl methyl sites for hydroxylation is 2. The summed E-state index contributed by atoms with van der Waals surface area (Å²) in [5.41, 5.74) is 4.87. The summed E-state index contributed by atoms with van der Waals surface area (Å²) in [4.78, 5) is 11.5. The molecule has 0 aliphatic carbocycles. The van der Waals surface area contributed by atoms with Crippen LogP contribution in [-0.2, 0) is 10.5 Å². The van der Waals surface area contributed by atoms with Crippen molar-refractivity contribution in [1.82, 2.24) is 20.2 Å². The van der Waals surface area contributed by atoms with Gasteiger partial charge in [0.1, 0.15) is 0 Å². The third-order valence-corrected chi connectivity index (χ3v) is 4.77. The Kier molecular flexibility index (Phi) is 5.14. The Balaban J connectivity index is 1.76. The van der Waals surface area contributed by atoms with E-state index in [9.17, 15) is 4.79 Å². The summed E-state index contributed by atoms with van der Waals surface area (Å²) in [6.07, 6.45) is 0. The fourth-order valence-corrected chi connectivity index (χ4v) is 3.21. The number of aromatic nitrogens is 4. The molecule has 0 aliphatic heterocycles. The number of hydrogen-bond acceptors (Lipinski definition) is 6. The summed E-state index contributed by atoms with van der Waals surface area (Å²) in [6, 6.07) is 13.5. The first-order valence-corrected chi connectivity index (χ1v) is 8.73. The number of hydrogen-bond donors (Lipinski definition) is 0. The molecule has 0 spiro atoms. The van der Waals surface area contributed by atoms with Gasteiger partial charge in [-0.3, -0.25) is 0 Å². The molecule has 1 aromatic heterocycles. The van der Waals surface area contributed by atoms with Crippen molar-refractivity contribution in [3.63, 3.8) is 0 Å². The zero-order chi connectivity index (χ0) is 17.8. The van der Waals surface area contributed by atoms with Gasteiger partial charge in [0.15, 0.2) is 0 Å². The molecule has 0 atom stereocenters. The summed E-state index contributed by atoms with van der Waals surface area (Å²) in [7, 11) is 1.37. The molecule has 128 valence electrons. The van der Waals surface area contributed by atoms with Crippen LogP contribution in [0.4, 0.5) is 0 Å². The van der Waals surface area contributed by atoms with Crippen LogP contribution < -0.4 is 0 Å². The fourth-order valence-electron chi connectivity index (χ4n) is 2.37. The number of thioether (sulfide) groups is 1. The largest absolute Gasteiger partial charge is 0.465 e. The number of nitrogens with zero attached hydrogens (tertiary/aromatic N) is 4. The number of benzene rings is 2. The number of carbonyl (C=O) groups is 1. The molecule has 0 unspecified atom stereocenters. The average molecular weight is 354 g/mol. The third kappa shape index (κ3) is 3.88. The van der Waals surface area contributed by atoms with E-state index in [0.717, 1.165) is 27.5 Å². The second-order valence-corrected chi connectivity index (χ2v) is 6.58. The zero-order valence-electron chi connectivity index (χ0n) is 14.3. The van der Waals surface area contributed by atoms with Crippen LogP contribution in [0.25, 0.3) is 5.69 Å². The monoisotopic (exact) mass is 354 g/mol. The van der Waals surface area contributed by atoms with Crippen LogP contribution >= 0.6 is 11.8 Å². The first kappa shape index (κ1) is 17.2. The number of esters is 1. The first-order valence-electron chi connectivity index (χ1n) is 7.74. The van der Waals surface area contributed by atoms with Gasteiger partial charge >= 0.3 is 5.97 Å². The van der Waals surface area contributed by atoms with Crippen molar-refractivity contribution >= 4 is 17.7 Å². The summed E-state index contributed by atoms with van der Waals surface area (Å²) >= 11 is 1.55. The lowest BCUT2D eigenvalue weighted by Crippen LogP contribution is -2.02. The van der Waals surface area contributed by atoms with Gasteiger partial charge in [-0.2, -0.15) is 4.68 Å². The number of carbonyl (C=O) groups excluding carboxylic acids is 1. The van der Waals surface area contributed by atoms with Crippen molar-refractivity contribution in [1.29, 1.82) is 0 Å². The van der Waals surface area contributed by atoms with E-state index < -0.39 is 0 Å². The molecule has 7 heteroatoms. The summed E-state index contributed by atoms with van der Waals surface area (Å²) < 4.78 is 6.47. The van der Waals surface area contributed by atoms with E-state index in [-0.39, 0.29) is 5.97 Å². The van der Waals surface area contributed by atoms with E-state index in [2.05, 4.69) is 33.7 Å². The van der Waals surface area contributed by atoms with Crippen molar-refractivity contribution in [3.8, 4) is 5.69 Å². The summed E-state index contributed by atoms with van der Waals surface area (Å²) in [5, 5.41) is 12.8. The van der Waals surface area contributed by atoms with Gasteiger partial charge in [0.05, 0.1) is 18.4 Å². The van der Waals surface area contributed by atoms with Gasteiger partial charge in [0, 0.05) is 5.75 Å². The van der Waals surface area contributed by atoms with E-state index in [4.69, 9.17) is 4.74 Å². The minimum absolute atomic E-state index is 0.335. The Bertz CT molecular complexity index is 890. The Hall–Kier alpha value is -2.67. The van der Waals surface area contributed by atoms with E-state index in [1.807, 2.05) is 26.0 Å². The van der Waals surface area contributed by atoms with Gasteiger partial charge in [-0.15, -0.1) is 5.10 Å². The van der Waals surface area contributed by atoms with Crippen LogP contribution in [0, 0.1) is 13.8 Å². The first-order chi connectivity index (χ1) is 12.1. The van der Waals surface area contributed by atoms with Crippen LogP contribution in [0.3, 0.4) is 0 Å².